The second-order valence-corrected chi connectivity index (χ2v) is 8.70. The fourth-order valence-electron chi connectivity index (χ4n) is 3.30. The lowest BCUT2D eigenvalue weighted by molar-refractivity contribution is 0.416. The molecule has 0 aliphatic rings. The van der Waals surface area contributed by atoms with Crippen molar-refractivity contribution in [1.29, 1.82) is 0 Å². The fourth-order valence-corrected chi connectivity index (χ4v) is 5.03. The van der Waals surface area contributed by atoms with E-state index in [0.29, 0.717) is 27.7 Å². The highest BCUT2D eigenvalue weighted by atomic mass is 35.5. The number of para-hydroxylation sites is 1. The van der Waals surface area contributed by atoms with Crippen molar-refractivity contribution in [2.24, 2.45) is 0 Å². The van der Waals surface area contributed by atoms with Gasteiger partial charge in [-0.3, -0.25) is 0 Å². The maximum absolute atomic E-state index is 13.4. The van der Waals surface area contributed by atoms with Gasteiger partial charge in [0.05, 0.1) is 35.4 Å². The van der Waals surface area contributed by atoms with E-state index in [1.807, 2.05) is 24.3 Å². The van der Waals surface area contributed by atoms with Crippen molar-refractivity contribution in [2.75, 3.05) is 12.4 Å². The Kier molecular flexibility index (Phi) is 5.22. The van der Waals surface area contributed by atoms with E-state index in [9.17, 15) is 8.42 Å². The van der Waals surface area contributed by atoms with Crippen LogP contribution in [0.1, 0.15) is 5.69 Å². The summed E-state index contributed by atoms with van der Waals surface area (Å²) in [6.07, 6.45) is 0. The summed E-state index contributed by atoms with van der Waals surface area (Å²) in [5.41, 5.74) is 1.93. The van der Waals surface area contributed by atoms with Gasteiger partial charge in [0.25, 0.3) is 10.0 Å². The molecule has 1 heterocycles. The fraction of sp³-hybridized carbons (Fsp3) is 0.0909. The van der Waals surface area contributed by atoms with E-state index in [2.05, 4.69) is 5.32 Å². The Bertz CT molecular complexity index is 1270. The van der Waals surface area contributed by atoms with Crippen molar-refractivity contribution < 1.29 is 13.2 Å². The summed E-state index contributed by atoms with van der Waals surface area (Å²) < 4.78 is 33.6. The van der Waals surface area contributed by atoms with Crippen LogP contribution in [0, 0.1) is 0 Å². The second-order valence-electron chi connectivity index (χ2n) is 6.48. The number of nitrogens with one attached hydrogen (secondary N) is 1. The van der Waals surface area contributed by atoms with Gasteiger partial charge in [-0.2, -0.15) is 0 Å². The van der Waals surface area contributed by atoms with E-state index in [4.69, 9.17) is 16.3 Å². The number of hydrogen-bond acceptors (Lipinski definition) is 4. The quantitative estimate of drug-likeness (QED) is 0.463. The molecule has 0 spiro atoms. The summed E-state index contributed by atoms with van der Waals surface area (Å²) in [5.74, 6) is 0.628. The number of aromatic nitrogens is 1. The molecule has 7 heteroatoms. The molecule has 3 aromatic carbocycles. The lowest BCUT2D eigenvalue weighted by atomic mass is 10.2. The van der Waals surface area contributed by atoms with Crippen LogP contribution < -0.4 is 10.1 Å². The summed E-state index contributed by atoms with van der Waals surface area (Å²) in [6.45, 7) is 0.275. The van der Waals surface area contributed by atoms with Crippen molar-refractivity contribution in [3.8, 4) is 5.75 Å². The Hall–Kier alpha value is -2.96. The summed E-state index contributed by atoms with van der Waals surface area (Å²) >= 11 is 6.11. The van der Waals surface area contributed by atoms with Gasteiger partial charge in [-0.1, -0.05) is 48.0 Å². The van der Waals surface area contributed by atoms with E-state index in [1.54, 1.807) is 61.7 Å². The Morgan fingerprint density at radius 2 is 1.69 bits per heavy atom. The number of ether oxygens (including phenoxy) is 1. The lowest BCUT2D eigenvalue weighted by Gasteiger charge is -2.15. The molecule has 1 aromatic heterocycles. The minimum Gasteiger partial charge on any atom is -0.495 e. The molecular formula is C22H19ClN2O3S. The maximum Gasteiger partial charge on any atom is 0.268 e. The molecule has 0 saturated heterocycles. The standard InChI is InChI=1S/C22H19ClN2O3S/c1-28-22-12-11-17(23)14-20(22)24-15-18-13-16-7-5-6-10-21(16)25(18)29(26,27)19-8-3-2-4-9-19/h2-14,24H,15H2,1H3. The number of rotatable bonds is 6. The zero-order valence-corrected chi connectivity index (χ0v) is 17.2. The molecule has 29 heavy (non-hydrogen) atoms. The van der Waals surface area contributed by atoms with E-state index in [-0.39, 0.29) is 11.4 Å². The first-order valence-corrected chi connectivity index (χ1v) is 10.8. The molecule has 4 rings (SSSR count). The van der Waals surface area contributed by atoms with Gasteiger partial charge in [0.2, 0.25) is 0 Å². The molecule has 0 amide bonds. The molecule has 148 valence electrons. The van der Waals surface area contributed by atoms with Gasteiger partial charge in [0, 0.05) is 10.4 Å². The maximum atomic E-state index is 13.4. The molecule has 0 aliphatic heterocycles. The molecule has 0 aliphatic carbocycles. The minimum atomic E-state index is -3.76. The monoisotopic (exact) mass is 426 g/mol. The van der Waals surface area contributed by atoms with Gasteiger partial charge in [-0.05, 0) is 42.5 Å². The average molecular weight is 427 g/mol. The van der Waals surface area contributed by atoms with Crippen LogP contribution in [-0.2, 0) is 16.6 Å². The SMILES string of the molecule is COc1ccc(Cl)cc1NCc1cc2ccccc2n1S(=O)(=O)c1ccccc1. The molecule has 5 nitrogen and oxygen atoms in total. The molecule has 1 N–H and O–H groups in total. The van der Waals surface area contributed by atoms with E-state index in [1.165, 1.54) is 3.97 Å². The van der Waals surface area contributed by atoms with Crippen LogP contribution in [0.4, 0.5) is 5.69 Å². The summed E-state index contributed by atoms with van der Waals surface area (Å²) in [6, 6.07) is 23.0. The number of nitrogens with zero attached hydrogens (tertiary/aromatic N) is 1. The van der Waals surface area contributed by atoms with Gasteiger partial charge in [-0.15, -0.1) is 0 Å². The molecule has 0 saturated carbocycles. The molecule has 0 unspecified atom stereocenters. The number of halogens is 1. The van der Waals surface area contributed by atoms with Gasteiger partial charge >= 0.3 is 0 Å². The largest absolute Gasteiger partial charge is 0.495 e. The molecular weight excluding hydrogens is 408 g/mol. The van der Waals surface area contributed by atoms with Crippen molar-refractivity contribution in [1.82, 2.24) is 3.97 Å². The van der Waals surface area contributed by atoms with Crippen LogP contribution in [0.25, 0.3) is 10.9 Å². The predicted octanol–water partition coefficient (Wildman–Crippen LogP) is 5.15. The van der Waals surface area contributed by atoms with Gasteiger partial charge in [-0.25, -0.2) is 12.4 Å². The van der Waals surface area contributed by atoms with Crippen LogP contribution in [0.15, 0.2) is 83.8 Å². The van der Waals surface area contributed by atoms with Crippen LogP contribution in [0.3, 0.4) is 0 Å². The lowest BCUT2D eigenvalue weighted by Crippen LogP contribution is -2.17. The third kappa shape index (κ3) is 3.69. The number of hydrogen-bond donors (Lipinski definition) is 1. The van der Waals surface area contributed by atoms with Crippen molar-refractivity contribution >= 4 is 38.2 Å². The van der Waals surface area contributed by atoms with Gasteiger partial charge in [0.15, 0.2) is 0 Å². The smallest absolute Gasteiger partial charge is 0.268 e. The highest BCUT2D eigenvalue weighted by Gasteiger charge is 2.22. The summed E-state index contributed by atoms with van der Waals surface area (Å²) in [5, 5.41) is 4.66. The number of fused-ring (bicyclic) bond motifs is 1. The van der Waals surface area contributed by atoms with Crippen LogP contribution in [0.2, 0.25) is 5.02 Å². The molecule has 0 radical (unpaired) electrons. The number of methoxy groups -OCH3 is 1. The van der Waals surface area contributed by atoms with Crippen LogP contribution in [0.5, 0.6) is 5.75 Å². The Morgan fingerprint density at radius 3 is 2.45 bits per heavy atom. The van der Waals surface area contributed by atoms with Crippen molar-refractivity contribution in [3.05, 3.63) is 89.6 Å². The van der Waals surface area contributed by atoms with Crippen LogP contribution >= 0.6 is 11.6 Å². The Balaban J connectivity index is 1.80. The highest BCUT2D eigenvalue weighted by molar-refractivity contribution is 7.90. The molecule has 0 fully saturated rings. The van der Waals surface area contributed by atoms with Crippen molar-refractivity contribution in [2.45, 2.75) is 11.4 Å². The summed E-state index contributed by atoms with van der Waals surface area (Å²) in [4.78, 5) is 0.239. The zero-order chi connectivity index (χ0) is 20.4. The highest BCUT2D eigenvalue weighted by Crippen LogP contribution is 2.30. The molecule has 0 atom stereocenters. The third-order valence-electron chi connectivity index (χ3n) is 4.64. The average Bonchev–Trinajstić information content (AvgIpc) is 3.12. The first kappa shape index (κ1) is 19.4. The Morgan fingerprint density at radius 1 is 0.966 bits per heavy atom. The van der Waals surface area contributed by atoms with E-state index < -0.39 is 10.0 Å². The normalized spacial score (nSPS) is 11.5. The predicted molar refractivity (Wildman–Crippen MR) is 116 cm³/mol. The second kappa shape index (κ2) is 7.81. The third-order valence-corrected chi connectivity index (χ3v) is 6.66. The Labute approximate surface area is 174 Å². The number of anilines is 1. The molecule has 0 bridgehead atoms. The topological polar surface area (TPSA) is 60.3 Å². The number of benzene rings is 3. The van der Waals surface area contributed by atoms with E-state index >= 15 is 0 Å². The minimum absolute atomic E-state index is 0.239. The first-order valence-electron chi connectivity index (χ1n) is 8.98. The van der Waals surface area contributed by atoms with Crippen LogP contribution in [-0.4, -0.2) is 19.5 Å². The molecule has 4 aromatic rings. The zero-order valence-electron chi connectivity index (χ0n) is 15.7. The first-order chi connectivity index (χ1) is 14.0. The van der Waals surface area contributed by atoms with E-state index in [0.717, 1.165) is 5.39 Å². The van der Waals surface area contributed by atoms with Gasteiger partial charge < -0.3 is 10.1 Å². The summed E-state index contributed by atoms with van der Waals surface area (Å²) in [7, 11) is -2.19. The van der Waals surface area contributed by atoms with Crippen molar-refractivity contribution in [3.63, 3.8) is 0 Å². The van der Waals surface area contributed by atoms with Gasteiger partial charge in [0.1, 0.15) is 5.75 Å².